The van der Waals surface area contributed by atoms with Gasteiger partial charge in [0.25, 0.3) is 0 Å². The molecule has 1 N–H and O–H groups in total. The summed E-state index contributed by atoms with van der Waals surface area (Å²) in [5, 5.41) is 3.29. The van der Waals surface area contributed by atoms with Crippen molar-refractivity contribution in [3.8, 4) is 11.1 Å². The number of amides is 1. The molecule has 0 bridgehead atoms. The van der Waals surface area contributed by atoms with Crippen molar-refractivity contribution in [1.29, 1.82) is 0 Å². The molecule has 2 aromatic carbocycles. The third kappa shape index (κ3) is 6.59. The molecule has 0 spiro atoms. The van der Waals surface area contributed by atoms with Gasteiger partial charge in [0.2, 0.25) is 5.91 Å². The van der Waals surface area contributed by atoms with E-state index in [4.69, 9.17) is 0 Å². The highest BCUT2D eigenvalue weighted by atomic mass is 35.5. The molecule has 4 rings (SSSR count). The molecule has 2 atom stereocenters. The van der Waals surface area contributed by atoms with Crippen LogP contribution in [0.25, 0.3) is 11.1 Å². The lowest BCUT2D eigenvalue weighted by molar-refractivity contribution is -0.137. The smallest absolute Gasteiger partial charge is 0.339 e. The van der Waals surface area contributed by atoms with Crippen molar-refractivity contribution in [2.24, 2.45) is 0 Å². The van der Waals surface area contributed by atoms with E-state index in [0.717, 1.165) is 56.4 Å². The SMILES string of the molecule is CN1CCN(C(=O)CN[C@@H]2C[C@H]2c2ccc(-c3cc(F)ccc3C(F)(F)F)cc2)CC1.Cl.Cl. The van der Waals surface area contributed by atoms with E-state index >= 15 is 0 Å². The van der Waals surface area contributed by atoms with E-state index in [-0.39, 0.29) is 48.2 Å². The van der Waals surface area contributed by atoms with Gasteiger partial charge in [-0.25, -0.2) is 4.39 Å². The van der Waals surface area contributed by atoms with Gasteiger partial charge in [0.1, 0.15) is 5.82 Å². The Bertz CT molecular complexity index is 948. The summed E-state index contributed by atoms with van der Waals surface area (Å²) >= 11 is 0. The number of halogens is 6. The number of rotatable bonds is 5. The van der Waals surface area contributed by atoms with Gasteiger partial charge in [-0.05, 0) is 48.4 Å². The normalized spacial score (nSPS) is 20.6. The minimum absolute atomic E-state index is 0. The van der Waals surface area contributed by atoms with Crippen molar-refractivity contribution in [2.45, 2.75) is 24.6 Å². The maximum atomic E-state index is 13.6. The van der Waals surface area contributed by atoms with Crippen molar-refractivity contribution in [3.63, 3.8) is 0 Å². The number of piperazine rings is 1. The molecule has 33 heavy (non-hydrogen) atoms. The number of likely N-dealkylation sites (N-methyl/N-ethyl adjacent to an activating group) is 1. The van der Waals surface area contributed by atoms with Gasteiger partial charge < -0.3 is 15.1 Å². The summed E-state index contributed by atoms with van der Waals surface area (Å²) in [4.78, 5) is 16.4. The van der Waals surface area contributed by atoms with Crippen molar-refractivity contribution in [3.05, 3.63) is 59.4 Å². The highest BCUT2D eigenvalue weighted by Gasteiger charge is 2.39. The first kappa shape index (κ1) is 27.4. The van der Waals surface area contributed by atoms with Crippen LogP contribution in [0, 0.1) is 5.82 Å². The van der Waals surface area contributed by atoms with Crippen LogP contribution in [-0.4, -0.2) is 61.5 Å². The van der Waals surface area contributed by atoms with Crippen LogP contribution in [0.15, 0.2) is 42.5 Å². The molecule has 0 radical (unpaired) electrons. The Morgan fingerprint density at radius 3 is 2.27 bits per heavy atom. The lowest BCUT2D eigenvalue weighted by Gasteiger charge is -2.32. The quantitative estimate of drug-likeness (QED) is 0.602. The summed E-state index contributed by atoms with van der Waals surface area (Å²) in [6, 6.07) is 9.48. The average Bonchev–Trinajstić information content (AvgIpc) is 3.51. The second-order valence-corrected chi connectivity index (χ2v) is 8.32. The zero-order chi connectivity index (χ0) is 22.2. The summed E-state index contributed by atoms with van der Waals surface area (Å²) < 4.78 is 53.4. The van der Waals surface area contributed by atoms with Gasteiger partial charge in [0, 0.05) is 38.1 Å². The number of alkyl halides is 3. The standard InChI is InChI=1S/C23H25F4N3O.2ClH/c1-29-8-10-30(11-9-29)22(31)14-28-21-13-19(21)16-4-2-15(3-5-16)18-12-17(24)6-7-20(18)23(25,26)27;;/h2-7,12,19,21,28H,8-11,13-14H2,1H3;2*1H/t19-,21+;;/m0../s1. The summed E-state index contributed by atoms with van der Waals surface area (Å²) in [6.07, 6.45) is -3.67. The third-order valence-corrected chi connectivity index (χ3v) is 6.10. The Labute approximate surface area is 203 Å². The number of carbonyl (C=O) groups excluding carboxylic acids is 1. The minimum Gasteiger partial charge on any atom is -0.339 e. The molecule has 2 aliphatic rings. The zero-order valence-corrected chi connectivity index (χ0v) is 19.7. The van der Waals surface area contributed by atoms with Gasteiger partial charge in [-0.3, -0.25) is 4.79 Å². The van der Waals surface area contributed by atoms with Crippen LogP contribution in [0.2, 0.25) is 0 Å². The number of hydrogen-bond acceptors (Lipinski definition) is 3. The van der Waals surface area contributed by atoms with Crippen LogP contribution in [0.1, 0.15) is 23.5 Å². The maximum absolute atomic E-state index is 13.6. The number of benzene rings is 2. The Balaban J connectivity index is 0.00000193. The molecule has 0 unspecified atom stereocenters. The highest BCUT2D eigenvalue weighted by Crippen LogP contribution is 2.42. The molecule has 2 fully saturated rings. The van der Waals surface area contributed by atoms with E-state index in [2.05, 4.69) is 10.2 Å². The number of carbonyl (C=O) groups is 1. The van der Waals surface area contributed by atoms with Crippen LogP contribution in [0.5, 0.6) is 0 Å². The first-order valence-electron chi connectivity index (χ1n) is 10.4. The van der Waals surface area contributed by atoms with E-state index in [1.54, 1.807) is 24.3 Å². The topological polar surface area (TPSA) is 35.6 Å². The Hall–Kier alpha value is -1.87. The van der Waals surface area contributed by atoms with Crippen molar-refractivity contribution in [2.75, 3.05) is 39.8 Å². The predicted octanol–water partition coefficient (Wildman–Crippen LogP) is 4.57. The summed E-state index contributed by atoms with van der Waals surface area (Å²) in [5.41, 5.74) is 0.307. The highest BCUT2D eigenvalue weighted by molar-refractivity contribution is 5.85. The predicted molar refractivity (Wildman–Crippen MR) is 125 cm³/mol. The molecule has 1 saturated carbocycles. The Morgan fingerprint density at radius 2 is 1.67 bits per heavy atom. The van der Waals surface area contributed by atoms with Gasteiger partial charge in [0.05, 0.1) is 12.1 Å². The number of nitrogens with one attached hydrogen (secondary N) is 1. The average molecular weight is 508 g/mol. The molecule has 0 aromatic heterocycles. The first-order chi connectivity index (χ1) is 14.7. The fraction of sp³-hybridized carbons (Fsp3) is 0.435. The zero-order valence-electron chi connectivity index (χ0n) is 18.1. The van der Waals surface area contributed by atoms with Crippen molar-refractivity contribution in [1.82, 2.24) is 15.1 Å². The molecule has 1 amide bonds. The van der Waals surface area contributed by atoms with E-state index in [1.807, 2.05) is 11.9 Å². The van der Waals surface area contributed by atoms with Crippen LogP contribution >= 0.6 is 24.8 Å². The fourth-order valence-corrected chi connectivity index (χ4v) is 4.09. The monoisotopic (exact) mass is 507 g/mol. The number of hydrogen-bond donors (Lipinski definition) is 1. The maximum Gasteiger partial charge on any atom is 0.417 e. The lowest BCUT2D eigenvalue weighted by Crippen LogP contribution is -2.49. The molecule has 1 aliphatic carbocycles. The fourth-order valence-electron chi connectivity index (χ4n) is 4.09. The largest absolute Gasteiger partial charge is 0.417 e. The third-order valence-electron chi connectivity index (χ3n) is 6.10. The summed E-state index contributed by atoms with van der Waals surface area (Å²) in [5.74, 6) is -0.382. The van der Waals surface area contributed by atoms with Crippen molar-refractivity contribution < 1.29 is 22.4 Å². The molecular formula is C23H27Cl2F4N3O. The molecule has 182 valence electrons. The van der Waals surface area contributed by atoms with Gasteiger partial charge in [-0.15, -0.1) is 24.8 Å². The van der Waals surface area contributed by atoms with Crippen LogP contribution in [0.4, 0.5) is 17.6 Å². The Morgan fingerprint density at radius 1 is 1.03 bits per heavy atom. The Kier molecular flexibility index (Phi) is 9.16. The van der Waals surface area contributed by atoms with Gasteiger partial charge >= 0.3 is 6.18 Å². The van der Waals surface area contributed by atoms with E-state index in [9.17, 15) is 22.4 Å². The van der Waals surface area contributed by atoms with Gasteiger partial charge in [-0.1, -0.05) is 24.3 Å². The summed E-state index contributed by atoms with van der Waals surface area (Å²) in [7, 11) is 2.04. The van der Waals surface area contributed by atoms with E-state index in [0.29, 0.717) is 12.1 Å². The summed E-state index contributed by atoms with van der Waals surface area (Å²) in [6.45, 7) is 3.54. The molecule has 1 saturated heterocycles. The number of nitrogens with zero attached hydrogens (tertiary/aromatic N) is 2. The van der Waals surface area contributed by atoms with Gasteiger partial charge in [-0.2, -0.15) is 13.2 Å². The lowest BCUT2D eigenvalue weighted by atomic mass is 9.97. The molecule has 10 heteroatoms. The molecular weight excluding hydrogens is 481 g/mol. The van der Waals surface area contributed by atoms with Crippen molar-refractivity contribution >= 4 is 30.7 Å². The van der Waals surface area contributed by atoms with Crippen LogP contribution in [0.3, 0.4) is 0 Å². The molecule has 2 aromatic rings. The van der Waals surface area contributed by atoms with Crippen LogP contribution in [-0.2, 0) is 11.0 Å². The minimum atomic E-state index is -4.55. The van der Waals surface area contributed by atoms with E-state index < -0.39 is 17.6 Å². The second-order valence-electron chi connectivity index (χ2n) is 8.32. The molecule has 1 heterocycles. The van der Waals surface area contributed by atoms with Crippen LogP contribution < -0.4 is 5.32 Å². The molecule has 4 nitrogen and oxygen atoms in total. The van der Waals surface area contributed by atoms with Gasteiger partial charge in [0.15, 0.2) is 0 Å². The second kappa shape index (κ2) is 11.0. The first-order valence-corrected chi connectivity index (χ1v) is 10.4. The van der Waals surface area contributed by atoms with E-state index in [1.165, 1.54) is 0 Å². The molecule has 1 aliphatic heterocycles.